The molecule has 4 nitrogen and oxygen atoms in total. The van der Waals surface area contributed by atoms with Crippen LogP contribution < -0.4 is 10.6 Å². The second kappa shape index (κ2) is 5.12. The molecule has 2 N–H and O–H groups in total. The largest absolute Gasteiger partial charge is 0.397 e. The van der Waals surface area contributed by atoms with Gasteiger partial charge in [-0.25, -0.2) is 4.90 Å². The number of hydrogen-bond acceptors (Lipinski definition) is 3. The van der Waals surface area contributed by atoms with E-state index in [2.05, 4.69) is 31.9 Å². The van der Waals surface area contributed by atoms with Gasteiger partial charge in [0.2, 0.25) is 0 Å². The van der Waals surface area contributed by atoms with Crippen molar-refractivity contribution in [2.45, 2.75) is 0 Å². The van der Waals surface area contributed by atoms with Crippen LogP contribution in [0.1, 0.15) is 20.7 Å². The smallest absolute Gasteiger partial charge is 0.266 e. The predicted octanol–water partition coefficient (Wildman–Crippen LogP) is 4.25. The number of fused-ring (bicyclic) bond motifs is 1. The van der Waals surface area contributed by atoms with Crippen molar-refractivity contribution < 1.29 is 9.59 Å². The first-order valence-electron chi connectivity index (χ1n) is 5.83. The normalized spacial score (nSPS) is 13.8. The number of nitrogens with zero attached hydrogens (tertiary/aromatic N) is 1. The van der Waals surface area contributed by atoms with Crippen molar-refractivity contribution in [3.63, 3.8) is 0 Å². The molecule has 7 heteroatoms. The van der Waals surface area contributed by atoms with Crippen LogP contribution in [-0.2, 0) is 0 Å². The van der Waals surface area contributed by atoms with Gasteiger partial charge in [-0.15, -0.1) is 0 Å². The van der Waals surface area contributed by atoms with E-state index < -0.39 is 0 Å². The van der Waals surface area contributed by atoms with E-state index in [-0.39, 0.29) is 16.8 Å². The number of benzene rings is 2. The lowest BCUT2D eigenvalue weighted by molar-refractivity contribution is 0.0926. The van der Waals surface area contributed by atoms with Gasteiger partial charge in [0.05, 0.1) is 27.5 Å². The predicted molar refractivity (Wildman–Crippen MR) is 88.8 cm³/mol. The Kier molecular flexibility index (Phi) is 3.55. The Morgan fingerprint density at radius 3 is 2.33 bits per heavy atom. The summed E-state index contributed by atoms with van der Waals surface area (Å²) >= 11 is 12.6. The van der Waals surface area contributed by atoms with Crippen LogP contribution in [0.5, 0.6) is 0 Å². The Bertz CT molecular complexity index is 785. The van der Waals surface area contributed by atoms with E-state index in [1.807, 2.05) is 0 Å². The van der Waals surface area contributed by atoms with Gasteiger partial charge in [0.1, 0.15) is 0 Å². The van der Waals surface area contributed by atoms with Crippen LogP contribution in [0.2, 0.25) is 5.02 Å². The van der Waals surface area contributed by atoms with Crippen LogP contribution in [0, 0.1) is 0 Å². The zero-order valence-corrected chi connectivity index (χ0v) is 14.3. The highest BCUT2D eigenvalue weighted by Crippen LogP contribution is 2.36. The molecule has 0 aliphatic carbocycles. The number of carbonyl (C=O) groups is 2. The van der Waals surface area contributed by atoms with Gasteiger partial charge < -0.3 is 5.73 Å². The van der Waals surface area contributed by atoms with Crippen LogP contribution in [0.3, 0.4) is 0 Å². The first-order valence-corrected chi connectivity index (χ1v) is 7.79. The molecule has 0 spiro atoms. The van der Waals surface area contributed by atoms with E-state index in [4.69, 9.17) is 17.3 Å². The van der Waals surface area contributed by atoms with Crippen molar-refractivity contribution in [1.82, 2.24) is 0 Å². The molecule has 2 amide bonds. The molecule has 0 aromatic heterocycles. The molecule has 1 aliphatic rings. The Morgan fingerprint density at radius 1 is 1.00 bits per heavy atom. The lowest BCUT2D eigenvalue weighted by atomic mass is 10.1. The number of rotatable bonds is 1. The quantitative estimate of drug-likeness (QED) is 0.544. The average molecular weight is 430 g/mol. The lowest BCUT2D eigenvalue weighted by Crippen LogP contribution is -2.29. The number of halogens is 3. The fourth-order valence-corrected chi connectivity index (χ4v) is 3.28. The van der Waals surface area contributed by atoms with Crippen molar-refractivity contribution in [1.29, 1.82) is 0 Å². The zero-order chi connectivity index (χ0) is 15.3. The Labute approximate surface area is 142 Å². The van der Waals surface area contributed by atoms with Crippen LogP contribution in [0.25, 0.3) is 0 Å². The highest BCUT2D eigenvalue weighted by atomic mass is 79.9. The molecule has 0 fully saturated rings. The second-order valence-electron chi connectivity index (χ2n) is 4.46. The number of imide groups is 1. The third-order valence-electron chi connectivity index (χ3n) is 3.17. The summed E-state index contributed by atoms with van der Waals surface area (Å²) in [5.41, 5.74) is 7.22. The number of amides is 2. The van der Waals surface area contributed by atoms with Crippen LogP contribution in [-0.4, -0.2) is 11.8 Å². The molecule has 0 atom stereocenters. The highest BCUT2D eigenvalue weighted by molar-refractivity contribution is 9.10. The van der Waals surface area contributed by atoms with Crippen molar-refractivity contribution in [2.75, 3.05) is 10.6 Å². The van der Waals surface area contributed by atoms with E-state index in [9.17, 15) is 9.59 Å². The van der Waals surface area contributed by atoms with E-state index in [1.54, 1.807) is 24.3 Å². The van der Waals surface area contributed by atoms with Gasteiger partial charge in [-0.3, -0.25) is 9.59 Å². The molecule has 2 aromatic rings. The summed E-state index contributed by atoms with van der Waals surface area (Å²) in [5, 5.41) is 0.275. The maximum Gasteiger partial charge on any atom is 0.266 e. The van der Waals surface area contributed by atoms with E-state index in [1.165, 1.54) is 6.07 Å². The van der Waals surface area contributed by atoms with Crippen LogP contribution >= 0.6 is 43.5 Å². The van der Waals surface area contributed by atoms with Gasteiger partial charge in [0.25, 0.3) is 11.8 Å². The monoisotopic (exact) mass is 428 g/mol. The first-order chi connectivity index (χ1) is 9.90. The Hall–Kier alpha value is -1.37. The van der Waals surface area contributed by atoms with Crippen LogP contribution in [0.15, 0.2) is 39.3 Å². The molecule has 0 bridgehead atoms. The van der Waals surface area contributed by atoms with E-state index in [0.29, 0.717) is 27.0 Å². The molecule has 0 saturated heterocycles. The first kappa shape index (κ1) is 14.6. The highest BCUT2D eigenvalue weighted by Gasteiger charge is 2.37. The maximum atomic E-state index is 12.5. The fourth-order valence-electron chi connectivity index (χ4n) is 2.15. The summed E-state index contributed by atoms with van der Waals surface area (Å²) in [7, 11) is 0. The molecule has 1 heterocycles. The number of nitrogen functional groups attached to an aromatic ring is 1. The summed E-state index contributed by atoms with van der Waals surface area (Å²) < 4.78 is 1.27. The summed E-state index contributed by atoms with van der Waals surface area (Å²) in [6.07, 6.45) is 0. The third-order valence-corrected chi connectivity index (χ3v) is 4.63. The van der Waals surface area contributed by atoms with Gasteiger partial charge in [-0.2, -0.15) is 0 Å². The van der Waals surface area contributed by atoms with Crippen molar-refractivity contribution >= 4 is 66.6 Å². The topological polar surface area (TPSA) is 63.4 Å². The average Bonchev–Trinajstić information content (AvgIpc) is 2.67. The standard InChI is InChI=1S/C14H7Br2ClN2O2/c15-6-1-2-8-9(3-6)14(21)19(13(8)20)7-4-10(16)12(18)11(17)5-7/h1-5H,18H2. The van der Waals surface area contributed by atoms with Gasteiger partial charge in [-0.05, 0) is 46.3 Å². The molecule has 3 rings (SSSR count). The summed E-state index contributed by atoms with van der Waals surface area (Å²) in [6.45, 7) is 0. The third kappa shape index (κ3) is 2.27. The SMILES string of the molecule is Nc1c(Cl)cc(N2C(=O)c3ccc(Br)cc3C2=O)cc1Br. The van der Waals surface area contributed by atoms with Gasteiger partial charge >= 0.3 is 0 Å². The lowest BCUT2D eigenvalue weighted by Gasteiger charge is -2.15. The summed E-state index contributed by atoms with van der Waals surface area (Å²) in [5.74, 6) is -0.765. The molecular formula is C14H7Br2ClN2O2. The minimum Gasteiger partial charge on any atom is -0.397 e. The number of hydrogen-bond donors (Lipinski definition) is 1. The van der Waals surface area contributed by atoms with Gasteiger partial charge in [0, 0.05) is 8.95 Å². The van der Waals surface area contributed by atoms with Gasteiger partial charge in [-0.1, -0.05) is 27.5 Å². The second-order valence-corrected chi connectivity index (χ2v) is 6.64. The van der Waals surface area contributed by atoms with Crippen molar-refractivity contribution in [2.24, 2.45) is 0 Å². The number of anilines is 2. The zero-order valence-electron chi connectivity index (χ0n) is 10.4. The molecular weight excluding hydrogens is 423 g/mol. The summed E-state index contributed by atoms with van der Waals surface area (Å²) in [6, 6.07) is 8.06. The summed E-state index contributed by atoms with van der Waals surface area (Å²) in [4.78, 5) is 26.0. The Morgan fingerprint density at radius 2 is 1.67 bits per heavy atom. The Balaban J connectivity index is 2.14. The van der Waals surface area contributed by atoms with E-state index in [0.717, 1.165) is 9.37 Å². The number of carbonyl (C=O) groups excluding carboxylic acids is 2. The molecule has 106 valence electrons. The molecule has 0 unspecified atom stereocenters. The molecule has 21 heavy (non-hydrogen) atoms. The van der Waals surface area contributed by atoms with Crippen molar-refractivity contribution in [3.05, 3.63) is 55.4 Å². The minimum absolute atomic E-state index is 0.275. The minimum atomic E-state index is -0.385. The number of nitrogens with two attached hydrogens (primary N) is 1. The van der Waals surface area contributed by atoms with Crippen LogP contribution in [0.4, 0.5) is 11.4 Å². The molecule has 2 aromatic carbocycles. The molecule has 0 radical (unpaired) electrons. The molecule has 0 saturated carbocycles. The van der Waals surface area contributed by atoms with Gasteiger partial charge in [0.15, 0.2) is 0 Å². The molecule has 1 aliphatic heterocycles. The van der Waals surface area contributed by atoms with Crippen molar-refractivity contribution in [3.8, 4) is 0 Å². The maximum absolute atomic E-state index is 12.5. The fraction of sp³-hybridized carbons (Fsp3) is 0. The van der Waals surface area contributed by atoms with E-state index >= 15 is 0 Å².